The van der Waals surface area contributed by atoms with E-state index in [0.717, 1.165) is 58.2 Å². The van der Waals surface area contributed by atoms with E-state index in [1.807, 2.05) is 17.0 Å². The fraction of sp³-hybridized carbons (Fsp3) is 0.647. The number of ether oxygens (including phenoxy) is 2. The molecule has 0 aliphatic carbocycles. The summed E-state index contributed by atoms with van der Waals surface area (Å²) in [6, 6.07) is 3.85. The van der Waals surface area contributed by atoms with Gasteiger partial charge in [0.15, 0.2) is 0 Å². The van der Waals surface area contributed by atoms with Crippen LogP contribution < -0.4 is 4.90 Å². The maximum atomic E-state index is 12.2. The molecule has 3 aliphatic rings. The number of amides is 1. The lowest BCUT2D eigenvalue weighted by molar-refractivity contribution is 0.0363. The molecule has 0 N–H and O–H groups in total. The third-order valence-corrected chi connectivity index (χ3v) is 5.36. The Hall–Kier alpha value is -1.57. The molecule has 3 saturated heterocycles. The van der Waals surface area contributed by atoms with Gasteiger partial charge in [0.05, 0.1) is 30.8 Å². The van der Waals surface area contributed by atoms with Gasteiger partial charge in [-0.15, -0.1) is 0 Å². The molecule has 1 amide bonds. The zero-order chi connectivity index (χ0) is 17.2. The number of anilines is 1. The summed E-state index contributed by atoms with van der Waals surface area (Å²) in [5.74, 6) is 0.878. The van der Waals surface area contributed by atoms with E-state index in [1.54, 1.807) is 6.20 Å². The summed E-state index contributed by atoms with van der Waals surface area (Å²) < 4.78 is 10.9. The molecule has 0 saturated carbocycles. The van der Waals surface area contributed by atoms with E-state index in [-0.39, 0.29) is 18.2 Å². The van der Waals surface area contributed by atoms with Crippen molar-refractivity contribution in [1.82, 2.24) is 14.8 Å². The van der Waals surface area contributed by atoms with Crippen LogP contribution in [-0.2, 0) is 9.47 Å². The molecule has 0 radical (unpaired) electrons. The summed E-state index contributed by atoms with van der Waals surface area (Å²) in [7, 11) is 0. The summed E-state index contributed by atoms with van der Waals surface area (Å²) in [6.45, 7) is 6.73. The number of halogens is 1. The molecule has 3 fully saturated rings. The summed E-state index contributed by atoms with van der Waals surface area (Å²) in [5, 5.41) is 0.624. The Labute approximate surface area is 152 Å². The Morgan fingerprint density at radius 1 is 1.20 bits per heavy atom. The van der Waals surface area contributed by atoms with Crippen molar-refractivity contribution in [2.75, 3.05) is 57.4 Å². The molecule has 0 unspecified atom stereocenters. The molecular weight excluding hydrogens is 344 g/mol. The fourth-order valence-corrected chi connectivity index (χ4v) is 3.90. The molecule has 136 valence electrons. The van der Waals surface area contributed by atoms with Gasteiger partial charge >= 0.3 is 6.09 Å². The van der Waals surface area contributed by atoms with E-state index in [9.17, 15) is 4.79 Å². The number of hydrogen-bond donors (Lipinski definition) is 0. The first-order chi connectivity index (χ1) is 12.2. The van der Waals surface area contributed by atoms with Crippen LogP contribution in [0.25, 0.3) is 0 Å². The van der Waals surface area contributed by atoms with Crippen molar-refractivity contribution in [3.63, 3.8) is 0 Å². The highest BCUT2D eigenvalue weighted by Gasteiger charge is 2.47. The van der Waals surface area contributed by atoms with Gasteiger partial charge in [-0.2, -0.15) is 0 Å². The first kappa shape index (κ1) is 16.9. The SMILES string of the molecule is O=C1O[C@@H]2CN(c3ccc(Cl)cn3)C[C@@H]2N1CCCN1CCOCC1. The number of aromatic nitrogens is 1. The monoisotopic (exact) mass is 366 g/mol. The van der Waals surface area contributed by atoms with Crippen LogP contribution in [0.3, 0.4) is 0 Å². The minimum absolute atomic E-state index is 0.0756. The second-order valence-corrected chi connectivity index (χ2v) is 7.17. The molecule has 4 rings (SSSR count). The highest BCUT2D eigenvalue weighted by atomic mass is 35.5. The lowest BCUT2D eigenvalue weighted by atomic mass is 10.2. The second-order valence-electron chi connectivity index (χ2n) is 6.73. The largest absolute Gasteiger partial charge is 0.442 e. The van der Waals surface area contributed by atoms with E-state index >= 15 is 0 Å². The van der Waals surface area contributed by atoms with Crippen LogP contribution in [0.15, 0.2) is 18.3 Å². The Morgan fingerprint density at radius 2 is 2.04 bits per heavy atom. The average molecular weight is 367 g/mol. The van der Waals surface area contributed by atoms with Crippen molar-refractivity contribution in [1.29, 1.82) is 0 Å². The van der Waals surface area contributed by atoms with Crippen molar-refractivity contribution >= 4 is 23.5 Å². The van der Waals surface area contributed by atoms with Crippen LogP contribution in [0.4, 0.5) is 10.6 Å². The normalized spacial score (nSPS) is 26.8. The smallest absolute Gasteiger partial charge is 0.410 e. The predicted molar refractivity (Wildman–Crippen MR) is 94.1 cm³/mol. The Bertz CT molecular complexity index is 608. The highest BCUT2D eigenvalue weighted by molar-refractivity contribution is 6.30. The van der Waals surface area contributed by atoms with Gasteiger partial charge in [0, 0.05) is 38.9 Å². The molecule has 2 atom stereocenters. The maximum Gasteiger partial charge on any atom is 0.410 e. The molecule has 0 bridgehead atoms. The number of carbonyl (C=O) groups is 1. The molecular formula is C17H23ClN4O3. The molecule has 7 nitrogen and oxygen atoms in total. The molecule has 1 aromatic heterocycles. The number of hydrogen-bond acceptors (Lipinski definition) is 6. The summed E-state index contributed by atoms with van der Waals surface area (Å²) in [6.07, 6.45) is 2.35. The van der Waals surface area contributed by atoms with Crippen molar-refractivity contribution in [3.8, 4) is 0 Å². The quantitative estimate of drug-likeness (QED) is 0.786. The minimum Gasteiger partial charge on any atom is -0.442 e. The molecule has 0 spiro atoms. The molecule has 1 aromatic rings. The standard InChI is InChI=1S/C17H23ClN4O3/c18-13-2-3-16(19-10-13)21-11-14-15(12-21)25-17(23)22(14)5-1-4-20-6-8-24-9-7-20/h2-3,10,14-15H,1,4-9,11-12H2/t14-,15+/m0/s1. The van der Waals surface area contributed by atoms with E-state index in [4.69, 9.17) is 21.1 Å². The summed E-state index contributed by atoms with van der Waals surface area (Å²) in [5.41, 5.74) is 0. The zero-order valence-corrected chi connectivity index (χ0v) is 14.9. The average Bonchev–Trinajstić information content (AvgIpc) is 3.15. The van der Waals surface area contributed by atoms with Crippen LogP contribution in [-0.4, -0.2) is 85.5 Å². The van der Waals surface area contributed by atoms with E-state index in [0.29, 0.717) is 11.6 Å². The number of rotatable bonds is 5. The van der Waals surface area contributed by atoms with E-state index in [1.165, 1.54) is 0 Å². The summed E-state index contributed by atoms with van der Waals surface area (Å²) in [4.78, 5) is 23.0. The predicted octanol–water partition coefficient (Wildman–Crippen LogP) is 1.47. The van der Waals surface area contributed by atoms with Crippen LogP contribution in [0.1, 0.15) is 6.42 Å². The minimum atomic E-state index is -0.180. The molecule has 8 heteroatoms. The third kappa shape index (κ3) is 3.68. The van der Waals surface area contributed by atoms with Gasteiger partial charge in [-0.05, 0) is 18.6 Å². The lowest BCUT2D eigenvalue weighted by Gasteiger charge is -2.28. The van der Waals surface area contributed by atoms with Gasteiger partial charge in [0.1, 0.15) is 11.9 Å². The lowest BCUT2D eigenvalue weighted by Crippen LogP contribution is -2.41. The summed E-state index contributed by atoms with van der Waals surface area (Å²) >= 11 is 5.91. The fourth-order valence-electron chi connectivity index (χ4n) is 3.79. The van der Waals surface area contributed by atoms with Crippen LogP contribution in [0, 0.1) is 0 Å². The van der Waals surface area contributed by atoms with Gasteiger partial charge in [-0.3, -0.25) is 9.80 Å². The molecule has 3 aliphatic heterocycles. The third-order valence-electron chi connectivity index (χ3n) is 5.14. The van der Waals surface area contributed by atoms with Crippen LogP contribution in [0.2, 0.25) is 5.02 Å². The Balaban J connectivity index is 1.32. The van der Waals surface area contributed by atoms with E-state index < -0.39 is 0 Å². The van der Waals surface area contributed by atoms with Crippen molar-refractivity contribution in [2.24, 2.45) is 0 Å². The van der Waals surface area contributed by atoms with E-state index in [2.05, 4.69) is 14.8 Å². The van der Waals surface area contributed by atoms with Crippen molar-refractivity contribution in [2.45, 2.75) is 18.6 Å². The van der Waals surface area contributed by atoms with Gasteiger partial charge in [-0.25, -0.2) is 9.78 Å². The first-order valence-corrected chi connectivity index (χ1v) is 9.22. The second kappa shape index (κ2) is 7.35. The number of nitrogens with zero attached hydrogens (tertiary/aromatic N) is 4. The number of fused-ring (bicyclic) bond motifs is 1. The Kier molecular flexibility index (Phi) is 4.96. The van der Waals surface area contributed by atoms with Crippen molar-refractivity contribution in [3.05, 3.63) is 23.4 Å². The van der Waals surface area contributed by atoms with Gasteiger partial charge in [0.25, 0.3) is 0 Å². The highest BCUT2D eigenvalue weighted by Crippen LogP contribution is 2.30. The van der Waals surface area contributed by atoms with Crippen LogP contribution in [0.5, 0.6) is 0 Å². The van der Waals surface area contributed by atoms with Gasteiger partial charge in [0.2, 0.25) is 0 Å². The number of pyridine rings is 1. The van der Waals surface area contributed by atoms with Gasteiger partial charge < -0.3 is 14.4 Å². The van der Waals surface area contributed by atoms with Gasteiger partial charge in [-0.1, -0.05) is 11.6 Å². The Morgan fingerprint density at radius 3 is 2.80 bits per heavy atom. The molecule has 0 aromatic carbocycles. The van der Waals surface area contributed by atoms with Crippen LogP contribution >= 0.6 is 11.6 Å². The maximum absolute atomic E-state index is 12.2. The molecule has 25 heavy (non-hydrogen) atoms. The number of carbonyl (C=O) groups excluding carboxylic acids is 1. The zero-order valence-electron chi connectivity index (χ0n) is 14.1. The van der Waals surface area contributed by atoms with Crippen molar-refractivity contribution < 1.29 is 14.3 Å². The first-order valence-electron chi connectivity index (χ1n) is 8.84. The molecule has 4 heterocycles. The topological polar surface area (TPSA) is 58.1 Å². The number of morpholine rings is 1.